The Hall–Kier alpha value is -4.29. The molecule has 0 fully saturated rings. The van der Waals surface area contributed by atoms with E-state index in [2.05, 4.69) is 47.5 Å². The molecule has 0 spiro atoms. The summed E-state index contributed by atoms with van der Waals surface area (Å²) >= 11 is 0. The van der Waals surface area contributed by atoms with Crippen LogP contribution in [0.3, 0.4) is 0 Å². The fourth-order valence-corrected chi connectivity index (χ4v) is 4.27. The Kier molecular flexibility index (Phi) is 9.81. The maximum Gasteiger partial charge on any atom is 0.387 e. The fourth-order valence-electron chi connectivity index (χ4n) is 4.27. The normalized spacial score (nSPS) is 10.7. The summed E-state index contributed by atoms with van der Waals surface area (Å²) in [5, 5.41) is 0.942. The minimum atomic E-state index is -3.37. The zero-order valence-electron chi connectivity index (χ0n) is 22.0. The lowest BCUT2D eigenvalue weighted by molar-refractivity contribution is -0.0546. The summed E-state index contributed by atoms with van der Waals surface area (Å²) in [6.07, 6.45) is 7.32. The third-order valence-corrected chi connectivity index (χ3v) is 6.37. The molecule has 0 heterocycles. The first kappa shape index (κ1) is 28.7. The summed E-state index contributed by atoms with van der Waals surface area (Å²) in [6.45, 7) is -1.16. The summed E-state index contributed by atoms with van der Waals surface area (Å²) in [5.41, 5.74) is 2.79. The van der Waals surface area contributed by atoms with E-state index < -0.39 is 29.8 Å². The molecular weight excluding hydrogens is 519 g/mol. The minimum Gasteiger partial charge on any atom is -0.429 e. The van der Waals surface area contributed by atoms with E-state index in [4.69, 9.17) is 0 Å². The number of alkyl halides is 2. The number of hydrogen-bond acceptors (Lipinski definition) is 1. The predicted molar refractivity (Wildman–Crippen MR) is 148 cm³/mol. The van der Waals surface area contributed by atoms with Gasteiger partial charge in [-0.3, -0.25) is 0 Å². The van der Waals surface area contributed by atoms with Crippen molar-refractivity contribution in [2.45, 2.75) is 52.1 Å². The Bertz CT molecular complexity index is 1580. The van der Waals surface area contributed by atoms with Crippen LogP contribution in [0.1, 0.15) is 66.8 Å². The van der Waals surface area contributed by atoms with Gasteiger partial charge in [0.1, 0.15) is 5.82 Å². The second-order valence-corrected chi connectivity index (χ2v) is 9.37. The Morgan fingerprint density at radius 3 is 2.02 bits per heavy atom. The van der Waals surface area contributed by atoms with E-state index in [-0.39, 0.29) is 11.1 Å². The lowest BCUT2D eigenvalue weighted by Gasteiger charge is -2.07. The van der Waals surface area contributed by atoms with Crippen LogP contribution in [-0.2, 0) is 6.42 Å². The van der Waals surface area contributed by atoms with E-state index in [0.717, 1.165) is 29.7 Å². The van der Waals surface area contributed by atoms with Gasteiger partial charge in [-0.05, 0) is 66.3 Å². The molecule has 0 atom stereocenters. The van der Waals surface area contributed by atoms with E-state index in [1.807, 2.05) is 12.1 Å². The monoisotopic (exact) mass is 546 g/mol. The van der Waals surface area contributed by atoms with E-state index >= 15 is 4.39 Å². The summed E-state index contributed by atoms with van der Waals surface area (Å²) in [4.78, 5) is 0. The quantitative estimate of drug-likeness (QED) is 0.122. The van der Waals surface area contributed by atoms with Gasteiger partial charge in [-0.25, -0.2) is 13.2 Å². The average Bonchev–Trinajstić information content (AvgIpc) is 2.94. The zero-order valence-corrected chi connectivity index (χ0v) is 22.0. The number of hydrogen-bond donors (Lipinski definition) is 0. The van der Waals surface area contributed by atoms with Gasteiger partial charge >= 0.3 is 6.61 Å². The summed E-state index contributed by atoms with van der Waals surface area (Å²) in [7, 11) is 0. The third kappa shape index (κ3) is 7.64. The molecule has 0 saturated carbocycles. The molecule has 0 saturated heterocycles. The summed E-state index contributed by atoms with van der Waals surface area (Å²) < 4.78 is 71.5. The van der Waals surface area contributed by atoms with Crippen molar-refractivity contribution in [3.63, 3.8) is 0 Å². The first-order valence-electron chi connectivity index (χ1n) is 13.1. The predicted octanol–water partition coefficient (Wildman–Crippen LogP) is 9.17. The first-order chi connectivity index (χ1) is 19.3. The van der Waals surface area contributed by atoms with Gasteiger partial charge in [0, 0.05) is 22.1 Å². The molecule has 0 aromatic heterocycles. The van der Waals surface area contributed by atoms with Gasteiger partial charge in [-0.1, -0.05) is 80.6 Å². The highest BCUT2D eigenvalue weighted by atomic mass is 19.3. The number of ether oxygens (including phenoxy) is 1. The maximum absolute atomic E-state index is 15.1. The van der Waals surface area contributed by atoms with E-state index in [9.17, 15) is 17.6 Å². The van der Waals surface area contributed by atoms with Crippen LogP contribution >= 0.6 is 0 Å². The molecule has 4 aromatic carbocycles. The van der Waals surface area contributed by atoms with Crippen molar-refractivity contribution in [1.29, 1.82) is 0 Å². The van der Waals surface area contributed by atoms with Crippen molar-refractivity contribution in [2.24, 2.45) is 0 Å². The summed E-state index contributed by atoms with van der Waals surface area (Å²) in [5.74, 6) is 6.84. The highest BCUT2D eigenvalue weighted by Crippen LogP contribution is 2.25. The molecular formula is C34H27F5O. The van der Waals surface area contributed by atoms with E-state index in [1.165, 1.54) is 43.7 Å². The fraction of sp³-hybridized carbons (Fsp3) is 0.235. The number of unbranched alkanes of at least 4 members (excludes halogenated alkanes) is 4. The standard InChI is InChI=1S/C34H27F5O/c1-2-3-4-5-6-7-23-8-10-24(11-9-23)12-13-25-15-19-29-28(20-25)18-17-27(32(29)37)16-14-26-21-30(35)33(31(36)22-26)40-34(38)39/h8-11,15,17-22,34H,2-7H2,1H3. The van der Waals surface area contributed by atoms with Crippen molar-refractivity contribution in [2.75, 3.05) is 0 Å². The molecule has 0 aliphatic rings. The largest absolute Gasteiger partial charge is 0.429 e. The Balaban J connectivity index is 1.46. The number of aryl methyl sites for hydroxylation is 1. The molecule has 204 valence electrons. The van der Waals surface area contributed by atoms with Crippen LogP contribution in [0.2, 0.25) is 0 Å². The number of fused-ring (bicyclic) bond motifs is 1. The number of halogens is 5. The molecule has 40 heavy (non-hydrogen) atoms. The lowest BCUT2D eigenvalue weighted by Crippen LogP contribution is -2.06. The molecule has 4 rings (SSSR count). The maximum atomic E-state index is 15.1. The molecule has 0 bridgehead atoms. The average molecular weight is 547 g/mol. The molecule has 0 aliphatic heterocycles. The van der Waals surface area contributed by atoms with Gasteiger partial charge in [-0.15, -0.1) is 0 Å². The molecule has 0 N–H and O–H groups in total. The summed E-state index contributed by atoms with van der Waals surface area (Å²) in [6, 6.07) is 18.0. The van der Waals surface area contributed by atoms with Crippen LogP contribution < -0.4 is 4.74 Å². The minimum absolute atomic E-state index is 0.0190. The van der Waals surface area contributed by atoms with Crippen LogP contribution in [0.5, 0.6) is 5.75 Å². The SMILES string of the molecule is CCCCCCCc1ccc(C#Cc2ccc3c(F)c(C#Cc4cc(F)c(OC(F)F)c(F)c4)ccc3c2)cc1. The molecule has 0 radical (unpaired) electrons. The van der Waals surface area contributed by atoms with Crippen LogP contribution in [0, 0.1) is 41.1 Å². The van der Waals surface area contributed by atoms with Gasteiger partial charge in [0.15, 0.2) is 17.4 Å². The molecule has 0 amide bonds. The van der Waals surface area contributed by atoms with Crippen LogP contribution in [0.15, 0.2) is 66.7 Å². The molecule has 0 aliphatic carbocycles. The number of rotatable bonds is 8. The van der Waals surface area contributed by atoms with Crippen molar-refractivity contribution in [1.82, 2.24) is 0 Å². The van der Waals surface area contributed by atoms with Crippen molar-refractivity contribution < 1.29 is 26.7 Å². The van der Waals surface area contributed by atoms with Crippen LogP contribution in [0.4, 0.5) is 22.0 Å². The highest BCUT2D eigenvalue weighted by Gasteiger charge is 2.16. The van der Waals surface area contributed by atoms with Crippen LogP contribution in [0.25, 0.3) is 10.8 Å². The van der Waals surface area contributed by atoms with Crippen molar-refractivity contribution >= 4 is 10.8 Å². The van der Waals surface area contributed by atoms with Gasteiger partial charge in [0.25, 0.3) is 0 Å². The second-order valence-electron chi connectivity index (χ2n) is 9.37. The lowest BCUT2D eigenvalue weighted by atomic mass is 10.0. The van der Waals surface area contributed by atoms with Crippen molar-refractivity contribution in [3.8, 4) is 29.4 Å². The van der Waals surface area contributed by atoms with Crippen LogP contribution in [-0.4, -0.2) is 6.61 Å². The van der Waals surface area contributed by atoms with Gasteiger partial charge in [0.05, 0.1) is 5.56 Å². The molecule has 6 heteroatoms. The first-order valence-corrected chi connectivity index (χ1v) is 13.1. The Labute approximate surface area is 231 Å². The Morgan fingerprint density at radius 1 is 0.675 bits per heavy atom. The van der Waals surface area contributed by atoms with Crippen molar-refractivity contribution in [3.05, 3.63) is 112 Å². The van der Waals surface area contributed by atoms with Gasteiger partial charge in [0.2, 0.25) is 0 Å². The van der Waals surface area contributed by atoms with Gasteiger partial charge in [-0.2, -0.15) is 8.78 Å². The van der Waals surface area contributed by atoms with E-state index in [0.29, 0.717) is 10.8 Å². The van der Waals surface area contributed by atoms with Gasteiger partial charge < -0.3 is 4.74 Å². The molecule has 4 aromatic rings. The Morgan fingerprint density at radius 2 is 1.32 bits per heavy atom. The second kappa shape index (κ2) is 13.7. The smallest absolute Gasteiger partial charge is 0.387 e. The molecule has 0 unspecified atom stereocenters. The van der Waals surface area contributed by atoms with E-state index in [1.54, 1.807) is 24.3 Å². The number of benzene rings is 4. The molecule has 1 nitrogen and oxygen atoms in total. The highest BCUT2D eigenvalue weighted by molar-refractivity contribution is 5.86. The third-order valence-electron chi connectivity index (χ3n) is 6.37. The zero-order chi connectivity index (χ0) is 28.5. The topological polar surface area (TPSA) is 9.23 Å².